The highest BCUT2D eigenvalue weighted by Crippen LogP contribution is 2.19. The van der Waals surface area contributed by atoms with Crippen LogP contribution >= 0.6 is 11.6 Å². The number of anilines is 1. The first kappa shape index (κ1) is 16.8. The first-order valence-corrected chi connectivity index (χ1v) is 7.86. The van der Waals surface area contributed by atoms with Gasteiger partial charge in [0, 0.05) is 30.9 Å². The summed E-state index contributed by atoms with van der Waals surface area (Å²) >= 11 is 6.06. The molecule has 122 valence electrons. The van der Waals surface area contributed by atoms with Gasteiger partial charge in [0.2, 0.25) is 5.95 Å². The molecule has 6 nitrogen and oxygen atoms in total. The predicted molar refractivity (Wildman–Crippen MR) is 86.4 cm³/mol. The summed E-state index contributed by atoms with van der Waals surface area (Å²) in [7, 11) is 0. The van der Waals surface area contributed by atoms with Crippen LogP contribution in [0.4, 0.5) is 10.7 Å². The van der Waals surface area contributed by atoms with Crippen molar-refractivity contribution < 1.29 is 9.53 Å². The van der Waals surface area contributed by atoms with E-state index in [1.807, 2.05) is 32.6 Å². The molecule has 0 unspecified atom stereocenters. The highest BCUT2D eigenvalue weighted by atomic mass is 35.5. The van der Waals surface area contributed by atoms with E-state index in [2.05, 4.69) is 15.3 Å². The molecular weight excluding hydrogens is 304 g/mol. The Kier molecular flexibility index (Phi) is 5.11. The van der Waals surface area contributed by atoms with Gasteiger partial charge in [-0.2, -0.15) is 0 Å². The van der Waals surface area contributed by atoms with E-state index in [1.54, 1.807) is 6.20 Å². The Balaban J connectivity index is 1.96. The van der Waals surface area contributed by atoms with Crippen molar-refractivity contribution in [2.24, 2.45) is 0 Å². The standard InChI is InChI=1S/C15H23ClN4O2/c1-10-8-17-13(19-12(10)16)20-7-5-6-11(9-20)18-14(21)22-15(2,3)4/h8,11H,5-7,9H2,1-4H3,(H,18,21)/t11-/m1/s1. The van der Waals surface area contributed by atoms with Crippen LogP contribution < -0.4 is 10.2 Å². The molecule has 1 saturated heterocycles. The molecule has 0 aliphatic carbocycles. The fourth-order valence-corrected chi connectivity index (χ4v) is 2.44. The summed E-state index contributed by atoms with van der Waals surface area (Å²) in [5, 5.41) is 3.37. The monoisotopic (exact) mass is 326 g/mol. The van der Waals surface area contributed by atoms with Crippen LogP contribution in [-0.2, 0) is 4.74 Å². The van der Waals surface area contributed by atoms with Gasteiger partial charge in [-0.05, 0) is 40.5 Å². The molecule has 22 heavy (non-hydrogen) atoms. The summed E-state index contributed by atoms with van der Waals surface area (Å²) in [6.07, 6.45) is 3.20. The van der Waals surface area contributed by atoms with E-state index in [0.717, 1.165) is 24.9 Å². The lowest BCUT2D eigenvalue weighted by Gasteiger charge is -2.33. The zero-order valence-electron chi connectivity index (χ0n) is 13.5. The van der Waals surface area contributed by atoms with Crippen LogP contribution in [0.5, 0.6) is 0 Å². The Morgan fingerprint density at radius 1 is 1.50 bits per heavy atom. The van der Waals surface area contributed by atoms with Gasteiger partial charge in [-0.3, -0.25) is 0 Å². The summed E-state index contributed by atoms with van der Waals surface area (Å²) in [5.74, 6) is 0.603. The summed E-state index contributed by atoms with van der Waals surface area (Å²) < 4.78 is 5.30. The van der Waals surface area contributed by atoms with Gasteiger partial charge in [0.05, 0.1) is 0 Å². The van der Waals surface area contributed by atoms with Gasteiger partial charge in [-0.15, -0.1) is 0 Å². The molecule has 0 spiro atoms. The van der Waals surface area contributed by atoms with Crippen molar-refractivity contribution in [2.45, 2.75) is 52.2 Å². The maximum Gasteiger partial charge on any atom is 0.407 e. The lowest BCUT2D eigenvalue weighted by atomic mass is 10.1. The Bertz CT molecular complexity index is 545. The largest absolute Gasteiger partial charge is 0.444 e. The van der Waals surface area contributed by atoms with Gasteiger partial charge in [0.25, 0.3) is 0 Å². The van der Waals surface area contributed by atoms with Crippen LogP contribution in [-0.4, -0.2) is 40.8 Å². The van der Waals surface area contributed by atoms with Gasteiger partial charge in [0.15, 0.2) is 0 Å². The molecule has 2 heterocycles. The molecule has 2 rings (SSSR count). The molecule has 1 atom stereocenters. The molecule has 1 fully saturated rings. The van der Waals surface area contributed by atoms with Crippen LogP contribution in [0.1, 0.15) is 39.2 Å². The van der Waals surface area contributed by atoms with Gasteiger partial charge in [-0.25, -0.2) is 14.8 Å². The molecule has 1 aliphatic heterocycles. The lowest BCUT2D eigenvalue weighted by Crippen LogP contribution is -2.49. The Labute approximate surface area is 136 Å². The van der Waals surface area contributed by atoms with Crippen LogP contribution in [0.25, 0.3) is 0 Å². The van der Waals surface area contributed by atoms with Crippen molar-refractivity contribution in [3.8, 4) is 0 Å². The Hall–Kier alpha value is -1.56. The predicted octanol–water partition coefficient (Wildman–Crippen LogP) is 2.93. The van der Waals surface area contributed by atoms with Crippen molar-refractivity contribution in [3.05, 3.63) is 16.9 Å². The molecule has 0 bridgehead atoms. The Morgan fingerprint density at radius 3 is 2.86 bits per heavy atom. The first-order valence-electron chi connectivity index (χ1n) is 7.48. The van der Waals surface area contributed by atoms with Crippen LogP contribution in [0.15, 0.2) is 6.20 Å². The van der Waals surface area contributed by atoms with Gasteiger partial charge in [0.1, 0.15) is 10.8 Å². The molecular formula is C15H23ClN4O2. The summed E-state index contributed by atoms with van der Waals surface area (Å²) in [5.41, 5.74) is 0.359. The minimum absolute atomic E-state index is 0.0206. The summed E-state index contributed by atoms with van der Waals surface area (Å²) in [4.78, 5) is 22.5. The minimum atomic E-state index is -0.494. The number of nitrogens with zero attached hydrogens (tertiary/aromatic N) is 3. The van der Waals surface area contributed by atoms with Crippen molar-refractivity contribution in [1.29, 1.82) is 0 Å². The van der Waals surface area contributed by atoms with E-state index >= 15 is 0 Å². The zero-order valence-corrected chi connectivity index (χ0v) is 14.3. The van der Waals surface area contributed by atoms with Crippen molar-refractivity contribution in [3.63, 3.8) is 0 Å². The molecule has 1 N–H and O–H groups in total. The molecule has 1 aromatic heterocycles. The number of aryl methyl sites for hydroxylation is 1. The number of amides is 1. The highest BCUT2D eigenvalue weighted by molar-refractivity contribution is 6.30. The van der Waals surface area contributed by atoms with E-state index in [9.17, 15) is 4.79 Å². The number of nitrogens with one attached hydrogen (secondary N) is 1. The maximum atomic E-state index is 11.9. The number of alkyl carbamates (subject to hydrolysis) is 1. The molecule has 0 aromatic carbocycles. The number of hydrogen-bond acceptors (Lipinski definition) is 5. The molecule has 1 aromatic rings. The van der Waals surface area contributed by atoms with Crippen molar-refractivity contribution in [1.82, 2.24) is 15.3 Å². The fourth-order valence-electron chi connectivity index (χ4n) is 2.32. The second-order valence-electron chi connectivity index (χ2n) is 6.58. The van der Waals surface area contributed by atoms with Gasteiger partial charge in [-0.1, -0.05) is 11.6 Å². The van der Waals surface area contributed by atoms with Crippen LogP contribution in [0, 0.1) is 6.92 Å². The number of carbonyl (C=O) groups is 1. The quantitative estimate of drug-likeness (QED) is 0.846. The maximum absolute atomic E-state index is 11.9. The molecule has 0 saturated carbocycles. The highest BCUT2D eigenvalue weighted by Gasteiger charge is 2.25. The smallest absolute Gasteiger partial charge is 0.407 e. The second-order valence-corrected chi connectivity index (χ2v) is 6.93. The normalized spacial score (nSPS) is 19.0. The molecule has 1 amide bonds. The third-order valence-electron chi connectivity index (χ3n) is 3.32. The SMILES string of the molecule is Cc1cnc(N2CCC[C@@H](NC(=O)OC(C)(C)C)C2)nc1Cl. The minimum Gasteiger partial charge on any atom is -0.444 e. The average Bonchev–Trinajstić information content (AvgIpc) is 2.40. The molecule has 7 heteroatoms. The van der Waals surface area contributed by atoms with Crippen LogP contribution in [0.3, 0.4) is 0 Å². The second kappa shape index (κ2) is 6.69. The lowest BCUT2D eigenvalue weighted by molar-refractivity contribution is 0.0500. The molecule has 1 aliphatic rings. The number of piperidine rings is 1. The van der Waals surface area contributed by atoms with Gasteiger partial charge < -0.3 is 15.0 Å². The van der Waals surface area contributed by atoms with E-state index in [1.165, 1.54) is 0 Å². The first-order chi connectivity index (χ1) is 10.2. The third-order valence-corrected chi connectivity index (χ3v) is 3.70. The topological polar surface area (TPSA) is 67.4 Å². The summed E-state index contributed by atoms with van der Waals surface area (Å²) in [6.45, 7) is 8.92. The number of halogens is 1. The van der Waals surface area contributed by atoms with Crippen molar-refractivity contribution >= 4 is 23.6 Å². The van der Waals surface area contributed by atoms with Gasteiger partial charge >= 0.3 is 6.09 Å². The number of rotatable bonds is 2. The van der Waals surface area contributed by atoms with E-state index < -0.39 is 5.60 Å². The van der Waals surface area contributed by atoms with Crippen LogP contribution in [0.2, 0.25) is 5.15 Å². The number of ether oxygens (including phenoxy) is 1. The summed E-state index contributed by atoms with van der Waals surface area (Å²) in [6, 6.07) is 0.0206. The van der Waals surface area contributed by atoms with E-state index in [0.29, 0.717) is 17.6 Å². The number of aromatic nitrogens is 2. The third kappa shape index (κ3) is 4.73. The van der Waals surface area contributed by atoms with E-state index in [-0.39, 0.29) is 12.1 Å². The molecule has 0 radical (unpaired) electrons. The fraction of sp³-hybridized carbons (Fsp3) is 0.667. The number of carbonyl (C=O) groups excluding carboxylic acids is 1. The Morgan fingerprint density at radius 2 is 2.23 bits per heavy atom. The average molecular weight is 327 g/mol. The number of hydrogen-bond donors (Lipinski definition) is 1. The zero-order chi connectivity index (χ0) is 16.3. The van der Waals surface area contributed by atoms with E-state index in [4.69, 9.17) is 16.3 Å². The van der Waals surface area contributed by atoms with Crippen molar-refractivity contribution in [2.75, 3.05) is 18.0 Å².